The molecule has 0 spiro atoms. The molecule has 0 saturated heterocycles. The molecule has 0 aliphatic rings. The van der Waals surface area contributed by atoms with E-state index in [1.807, 2.05) is 0 Å². The van der Waals surface area contributed by atoms with Crippen LogP contribution < -0.4 is 0 Å². The summed E-state index contributed by atoms with van der Waals surface area (Å²) in [4.78, 5) is 27.7. The highest BCUT2D eigenvalue weighted by atomic mass is 35.5. The molecular weight excluding hydrogens is 279 g/mol. The molecule has 5 nitrogen and oxygen atoms in total. The average molecular weight is 291 g/mol. The van der Waals surface area contributed by atoms with Crippen molar-refractivity contribution in [2.75, 3.05) is 13.6 Å². The molecule has 1 aromatic heterocycles. The lowest BCUT2D eigenvalue weighted by Crippen LogP contribution is -2.33. The molecule has 1 heterocycles. The molecule has 1 atom stereocenters. The summed E-state index contributed by atoms with van der Waals surface area (Å²) in [6.45, 7) is 1.63. The summed E-state index contributed by atoms with van der Waals surface area (Å²) < 4.78 is 0. The van der Waals surface area contributed by atoms with Gasteiger partial charge in [-0.2, -0.15) is 0 Å². The smallest absolute Gasteiger partial charge is 0.308 e. The van der Waals surface area contributed by atoms with Crippen LogP contribution in [0.2, 0.25) is 10.2 Å². The second-order valence-electron chi connectivity index (χ2n) is 3.92. The molecule has 0 radical (unpaired) electrons. The van der Waals surface area contributed by atoms with Gasteiger partial charge in [0.05, 0.1) is 16.5 Å². The van der Waals surface area contributed by atoms with Crippen molar-refractivity contribution in [1.82, 2.24) is 9.88 Å². The van der Waals surface area contributed by atoms with E-state index < -0.39 is 11.9 Å². The molecule has 1 unspecified atom stereocenters. The van der Waals surface area contributed by atoms with E-state index in [0.717, 1.165) is 0 Å². The van der Waals surface area contributed by atoms with Gasteiger partial charge in [0.25, 0.3) is 5.91 Å². The van der Waals surface area contributed by atoms with Crippen LogP contribution >= 0.6 is 23.2 Å². The third-order valence-electron chi connectivity index (χ3n) is 2.36. The van der Waals surface area contributed by atoms with E-state index in [0.29, 0.717) is 0 Å². The summed E-state index contributed by atoms with van der Waals surface area (Å²) in [6.07, 6.45) is 1.30. The van der Waals surface area contributed by atoms with E-state index in [4.69, 9.17) is 28.3 Å². The van der Waals surface area contributed by atoms with Crippen molar-refractivity contribution in [2.45, 2.75) is 6.92 Å². The highest BCUT2D eigenvalue weighted by Crippen LogP contribution is 2.20. The first-order valence-corrected chi connectivity index (χ1v) is 5.87. The van der Waals surface area contributed by atoms with Gasteiger partial charge in [0.15, 0.2) is 0 Å². The lowest BCUT2D eigenvalue weighted by Gasteiger charge is -2.19. The van der Waals surface area contributed by atoms with Gasteiger partial charge < -0.3 is 10.0 Å². The minimum absolute atomic E-state index is 0.106. The average Bonchev–Trinajstić information content (AvgIpc) is 2.31. The molecule has 0 aliphatic carbocycles. The SMILES string of the molecule is CC(CN(C)C(=O)c1cnc(Cl)c(Cl)c1)C(=O)O. The van der Waals surface area contributed by atoms with Crippen molar-refractivity contribution in [3.05, 3.63) is 28.0 Å². The molecule has 1 N–H and O–H groups in total. The number of aromatic nitrogens is 1. The van der Waals surface area contributed by atoms with Crippen LogP contribution in [0.25, 0.3) is 0 Å². The quantitative estimate of drug-likeness (QED) is 0.863. The summed E-state index contributed by atoms with van der Waals surface area (Å²) in [5.41, 5.74) is 0.268. The predicted molar refractivity (Wildman–Crippen MR) is 68.0 cm³/mol. The van der Waals surface area contributed by atoms with Crippen LogP contribution in [0, 0.1) is 5.92 Å². The van der Waals surface area contributed by atoms with E-state index in [1.54, 1.807) is 0 Å². The highest BCUT2D eigenvalue weighted by Gasteiger charge is 2.19. The molecule has 0 bridgehead atoms. The first-order valence-electron chi connectivity index (χ1n) is 5.12. The predicted octanol–water partition coefficient (Wildman–Crippen LogP) is 2.18. The Kier molecular flexibility index (Phi) is 4.93. The molecule has 0 saturated carbocycles. The first-order chi connectivity index (χ1) is 8.32. The van der Waals surface area contributed by atoms with E-state index in [-0.39, 0.29) is 28.2 Å². The number of hydrogen-bond acceptors (Lipinski definition) is 3. The zero-order valence-electron chi connectivity index (χ0n) is 9.85. The van der Waals surface area contributed by atoms with Gasteiger partial charge in [-0.15, -0.1) is 0 Å². The molecule has 0 aliphatic heterocycles. The maximum atomic E-state index is 12.0. The maximum absolute atomic E-state index is 12.0. The number of amides is 1. The van der Waals surface area contributed by atoms with Crippen molar-refractivity contribution in [1.29, 1.82) is 0 Å². The van der Waals surface area contributed by atoms with E-state index in [1.165, 1.54) is 31.1 Å². The fraction of sp³-hybridized carbons (Fsp3) is 0.364. The molecule has 98 valence electrons. The Labute approximate surface area is 114 Å². The molecule has 7 heteroatoms. The number of carbonyl (C=O) groups is 2. The van der Waals surface area contributed by atoms with Crippen molar-refractivity contribution in [3.63, 3.8) is 0 Å². The zero-order valence-corrected chi connectivity index (χ0v) is 11.4. The van der Waals surface area contributed by atoms with Crippen LogP contribution in [0.4, 0.5) is 0 Å². The number of rotatable bonds is 4. The Morgan fingerprint density at radius 1 is 1.50 bits per heavy atom. The molecular formula is C11H12Cl2N2O3. The molecule has 1 rings (SSSR count). The van der Waals surface area contributed by atoms with Gasteiger partial charge in [0, 0.05) is 19.8 Å². The van der Waals surface area contributed by atoms with Gasteiger partial charge in [-0.1, -0.05) is 30.1 Å². The standard InChI is InChI=1S/C11H12Cl2N2O3/c1-6(11(17)18)5-15(2)10(16)7-3-8(12)9(13)14-4-7/h3-4,6H,5H2,1-2H3,(H,17,18). The van der Waals surface area contributed by atoms with Crippen molar-refractivity contribution in [2.24, 2.45) is 5.92 Å². The number of pyridine rings is 1. The number of carbonyl (C=O) groups excluding carboxylic acids is 1. The van der Waals surface area contributed by atoms with Crippen molar-refractivity contribution < 1.29 is 14.7 Å². The maximum Gasteiger partial charge on any atom is 0.308 e. The Morgan fingerprint density at radius 3 is 2.61 bits per heavy atom. The van der Waals surface area contributed by atoms with E-state index in [2.05, 4.69) is 4.98 Å². The van der Waals surface area contributed by atoms with Gasteiger partial charge in [-0.3, -0.25) is 9.59 Å². The Balaban J connectivity index is 2.80. The summed E-state index contributed by atoms with van der Waals surface area (Å²) in [5.74, 6) is -1.95. The Morgan fingerprint density at radius 2 is 2.11 bits per heavy atom. The van der Waals surface area contributed by atoms with Crippen LogP contribution in [0.15, 0.2) is 12.3 Å². The van der Waals surface area contributed by atoms with Gasteiger partial charge >= 0.3 is 5.97 Å². The largest absolute Gasteiger partial charge is 0.481 e. The Hall–Kier alpha value is -1.33. The Bertz CT molecular complexity index is 479. The highest BCUT2D eigenvalue weighted by molar-refractivity contribution is 6.41. The topological polar surface area (TPSA) is 70.5 Å². The number of hydrogen-bond donors (Lipinski definition) is 1. The summed E-state index contributed by atoms with van der Waals surface area (Å²) in [7, 11) is 1.52. The van der Waals surface area contributed by atoms with Gasteiger partial charge in [0.2, 0.25) is 0 Å². The molecule has 1 aromatic rings. The van der Waals surface area contributed by atoms with Gasteiger partial charge in [0.1, 0.15) is 5.15 Å². The van der Waals surface area contributed by atoms with Crippen LogP contribution in [-0.4, -0.2) is 40.5 Å². The van der Waals surface area contributed by atoms with E-state index in [9.17, 15) is 9.59 Å². The summed E-state index contributed by atoms with van der Waals surface area (Å²) >= 11 is 11.4. The third kappa shape index (κ3) is 3.58. The lowest BCUT2D eigenvalue weighted by atomic mass is 10.1. The van der Waals surface area contributed by atoms with E-state index >= 15 is 0 Å². The van der Waals surface area contributed by atoms with Crippen LogP contribution in [0.5, 0.6) is 0 Å². The molecule has 1 amide bonds. The number of halogens is 2. The molecule has 18 heavy (non-hydrogen) atoms. The van der Waals surface area contributed by atoms with Crippen LogP contribution in [0.3, 0.4) is 0 Å². The van der Waals surface area contributed by atoms with Crippen molar-refractivity contribution >= 4 is 35.1 Å². The second kappa shape index (κ2) is 6.02. The number of nitrogens with zero attached hydrogens (tertiary/aromatic N) is 2. The van der Waals surface area contributed by atoms with Crippen LogP contribution in [0.1, 0.15) is 17.3 Å². The molecule has 0 fully saturated rings. The minimum atomic E-state index is -0.957. The number of carboxylic acid groups (broad SMARTS) is 1. The fourth-order valence-corrected chi connectivity index (χ4v) is 1.60. The van der Waals surface area contributed by atoms with Gasteiger partial charge in [-0.05, 0) is 6.07 Å². The number of aliphatic carboxylic acids is 1. The lowest BCUT2D eigenvalue weighted by molar-refractivity contribution is -0.141. The fourth-order valence-electron chi connectivity index (χ4n) is 1.33. The van der Waals surface area contributed by atoms with Crippen LogP contribution in [-0.2, 0) is 4.79 Å². The first kappa shape index (κ1) is 14.7. The monoisotopic (exact) mass is 290 g/mol. The minimum Gasteiger partial charge on any atom is -0.481 e. The zero-order chi connectivity index (χ0) is 13.9. The summed E-state index contributed by atoms with van der Waals surface area (Å²) in [6, 6.07) is 1.40. The summed E-state index contributed by atoms with van der Waals surface area (Å²) in [5, 5.41) is 9.08. The van der Waals surface area contributed by atoms with Gasteiger partial charge in [-0.25, -0.2) is 4.98 Å². The third-order valence-corrected chi connectivity index (χ3v) is 3.05. The van der Waals surface area contributed by atoms with Crippen molar-refractivity contribution in [3.8, 4) is 0 Å². The number of carboxylic acids is 1. The molecule has 0 aromatic carbocycles. The normalized spacial score (nSPS) is 12.0. The second-order valence-corrected chi connectivity index (χ2v) is 4.69.